The van der Waals surface area contributed by atoms with E-state index in [1.165, 1.54) is 11.8 Å². The molecule has 1 aliphatic heterocycles. The molecule has 1 aliphatic rings. The van der Waals surface area contributed by atoms with Crippen LogP contribution in [0, 0.1) is 0 Å². The van der Waals surface area contributed by atoms with Crippen LogP contribution >= 0.6 is 11.8 Å². The van der Waals surface area contributed by atoms with Gasteiger partial charge in [0.2, 0.25) is 5.16 Å². The molecule has 0 unspecified atom stereocenters. The van der Waals surface area contributed by atoms with E-state index in [4.69, 9.17) is 10.8 Å². The van der Waals surface area contributed by atoms with Crippen molar-refractivity contribution in [1.82, 2.24) is 24.7 Å². The summed E-state index contributed by atoms with van der Waals surface area (Å²) < 4.78 is 3.55. The van der Waals surface area contributed by atoms with Gasteiger partial charge in [-0.3, -0.25) is 0 Å². The van der Waals surface area contributed by atoms with Gasteiger partial charge in [-0.2, -0.15) is 14.9 Å². The molecule has 0 saturated carbocycles. The summed E-state index contributed by atoms with van der Waals surface area (Å²) in [6, 6.07) is 20.0. The van der Waals surface area contributed by atoms with Crippen molar-refractivity contribution in [2.45, 2.75) is 5.16 Å². The van der Waals surface area contributed by atoms with Crippen LogP contribution in [0.2, 0.25) is 0 Å². The van der Waals surface area contributed by atoms with Crippen LogP contribution in [0.25, 0.3) is 28.3 Å². The first-order valence-electron chi connectivity index (χ1n) is 8.42. The van der Waals surface area contributed by atoms with E-state index in [0.29, 0.717) is 17.4 Å². The van der Waals surface area contributed by atoms with Crippen molar-refractivity contribution in [3.8, 4) is 28.3 Å². The van der Waals surface area contributed by atoms with E-state index in [2.05, 4.69) is 15.3 Å². The van der Waals surface area contributed by atoms with E-state index >= 15 is 0 Å². The number of aromatic nitrogens is 5. The molecule has 2 aromatic heterocycles. The highest BCUT2D eigenvalue weighted by atomic mass is 32.2. The van der Waals surface area contributed by atoms with Gasteiger partial charge in [-0.05, 0) is 12.1 Å². The van der Waals surface area contributed by atoms with Gasteiger partial charge < -0.3 is 5.73 Å². The molecule has 0 aliphatic carbocycles. The summed E-state index contributed by atoms with van der Waals surface area (Å²) in [5.41, 5.74) is 9.57. The smallest absolute Gasteiger partial charge is 0.212 e. The van der Waals surface area contributed by atoms with Gasteiger partial charge in [0.25, 0.3) is 0 Å². The molecule has 27 heavy (non-hydrogen) atoms. The molecule has 2 N–H and O–H groups in total. The predicted molar refractivity (Wildman–Crippen MR) is 106 cm³/mol. The van der Waals surface area contributed by atoms with Gasteiger partial charge in [-0.15, -0.1) is 10.2 Å². The number of fused-ring (bicyclic) bond motifs is 1. The normalized spacial score (nSPS) is 13.3. The number of nitrogens with zero attached hydrogens (tertiary/aromatic N) is 6. The summed E-state index contributed by atoms with van der Waals surface area (Å²) in [4.78, 5) is 0. The van der Waals surface area contributed by atoms with Gasteiger partial charge in [-0.25, -0.2) is 4.68 Å². The molecular weight excluding hydrogens is 358 g/mol. The SMILES string of the molecule is NC1=Nn2c(nnc2-c2cn(-c3ccccc3)nc2-c2ccccc2)SC1. The second-order valence-electron chi connectivity index (χ2n) is 6.04. The number of para-hydroxylation sites is 1. The summed E-state index contributed by atoms with van der Waals surface area (Å²) in [6.45, 7) is 0. The lowest BCUT2D eigenvalue weighted by atomic mass is 10.1. The van der Waals surface area contributed by atoms with E-state index in [1.807, 2.05) is 71.5 Å². The summed E-state index contributed by atoms with van der Waals surface area (Å²) in [5, 5.41) is 18.6. The molecule has 0 atom stereocenters. The lowest BCUT2D eigenvalue weighted by Crippen LogP contribution is -2.20. The number of hydrogen-bond acceptors (Lipinski definition) is 6. The third kappa shape index (κ3) is 2.80. The van der Waals surface area contributed by atoms with Gasteiger partial charge in [0.15, 0.2) is 5.82 Å². The van der Waals surface area contributed by atoms with Crippen LogP contribution in [0.4, 0.5) is 0 Å². The first kappa shape index (κ1) is 15.8. The fourth-order valence-corrected chi connectivity index (χ4v) is 3.65. The molecule has 132 valence electrons. The Morgan fingerprint density at radius 3 is 2.44 bits per heavy atom. The van der Waals surface area contributed by atoms with Gasteiger partial charge >= 0.3 is 0 Å². The van der Waals surface area contributed by atoms with Crippen LogP contribution < -0.4 is 5.73 Å². The van der Waals surface area contributed by atoms with Crippen molar-refractivity contribution < 1.29 is 0 Å². The monoisotopic (exact) mass is 373 g/mol. The molecule has 7 nitrogen and oxygen atoms in total. The first-order valence-corrected chi connectivity index (χ1v) is 9.40. The topological polar surface area (TPSA) is 86.9 Å². The maximum absolute atomic E-state index is 5.93. The Kier molecular flexibility index (Phi) is 3.75. The molecule has 2 aromatic carbocycles. The summed E-state index contributed by atoms with van der Waals surface area (Å²) >= 11 is 1.52. The fraction of sp³-hybridized carbons (Fsp3) is 0.0526. The molecule has 8 heteroatoms. The molecule has 0 spiro atoms. The highest BCUT2D eigenvalue weighted by molar-refractivity contribution is 7.99. The fourth-order valence-electron chi connectivity index (χ4n) is 2.97. The Morgan fingerprint density at radius 2 is 1.67 bits per heavy atom. The number of rotatable bonds is 3. The number of amidine groups is 1. The molecule has 0 bridgehead atoms. The second-order valence-corrected chi connectivity index (χ2v) is 6.98. The largest absolute Gasteiger partial charge is 0.385 e. The number of nitrogens with two attached hydrogens (primary N) is 1. The third-order valence-electron chi connectivity index (χ3n) is 4.21. The summed E-state index contributed by atoms with van der Waals surface area (Å²) in [6.07, 6.45) is 1.96. The predicted octanol–water partition coefficient (Wildman–Crippen LogP) is 3.02. The highest BCUT2D eigenvalue weighted by Gasteiger charge is 2.23. The van der Waals surface area contributed by atoms with Gasteiger partial charge in [-0.1, -0.05) is 60.3 Å². The lowest BCUT2D eigenvalue weighted by molar-refractivity contribution is 0.760. The third-order valence-corrected chi connectivity index (χ3v) is 5.17. The minimum atomic E-state index is 0.547. The number of benzene rings is 2. The number of thioether (sulfide) groups is 1. The zero-order valence-corrected chi connectivity index (χ0v) is 15.0. The zero-order valence-electron chi connectivity index (χ0n) is 14.2. The average Bonchev–Trinajstić information content (AvgIpc) is 3.33. The maximum Gasteiger partial charge on any atom is 0.212 e. The van der Waals surface area contributed by atoms with Gasteiger partial charge in [0.05, 0.1) is 17.0 Å². The van der Waals surface area contributed by atoms with Crippen molar-refractivity contribution in [3.05, 3.63) is 66.9 Å². The Hall–Kier alpha value is -3.39. The van der Waals surface area contributed by atoms with Crippen LogP contribution in [0.1, 0.15) is 0 Å². The molecular formula is C19H15N7S. The summed E-state index contributed by atoms with van der Waals surface area (Å²) in [5.74, 6) is 1.79. The van der Waals surface area contributed by atoms with Crippen LogP contribution in [0.15, 0.2) is 77.1 Å². The minimum absolute atomic E-state index is 0.547. The van der Waals surface area contributed by atoms with Crippen LogP contribution in [0.5, 0.6) is 0 Å². The van der Waals surface area contributed by atoms with Crippen molar-refractivity contribution in [3.63, 3.8) is 0 Å². The van der Waals surface area contributed by atoms with Crippen molar-refractivity contribution in [2.24, 2.45) is 10.8 Å². The molecule has 5 rings (SSSR count). The Balaban J connectivity index is 1.73. The van der Waals surface area contributed by atoms with Crippen molar-refractivity contribution >= 4 is 17.6 Å². The molecule has 3 heterocycles. The molecule has 4 aromatic rings. The Bertz CT molecular complexity index is 1130. The van der Waals surface area contributed by atoms with Crippen molar-refractivity contribution in [2.75, 3.05) is 5.75 Å². The lowest BCUT2D eigenvalue weighted by Gasteiger charge is -2.10. The van der Waals surface area contributed by atoms with E-state index in [0.717, 1.165) is 27.7 Å². The van der Waals surface area contributed by atoms with Crippen LogP contribution in [-0.4, -0.2) is 36.2 Å². The van der Waals surface area contributed by atoms with E-state index in [-0.39, 0.29) is 0 Å². The second kappa shape index (κ2) is 6.40. The van der Waals surface area contributed by atoms with Crippen molar-refractivity contribution in [1.29, 1.82) is 0 Å². The van der Waals surface area contributed by atoms with E-state index < -0.39 is 0 Å². The highest BCUT2D eigenvalue weighted by Crippen LogP contribution is 2.33. The molecule has 0 amide bonds. The number of hydrogen-bond donors (Lipinski definition) is 1. The molecule has 0 radical (unpaired) electrons. The van der Waals surface area contributed by atoms with Crippen LogP contribution in [-0.2, 0) is 0 Å². The van der Waals surface area contributed by atoms with E-state index in [9.17, 15) is 0 Å². The molecule has 0 fully saturated rings. The Labute approximate surface area is 159 Å². The quantitative estimate of drug-likeness (QED) is 0.596. The standard InChI is InChI=1S/C19H15N7S/c20-16-12-27-19-22-21-18(26(19)23-16)15-11-25(14-9-5-2-6-10-14)24-17(15)13-7-3-1-4-8-13/h1-11H,12H2,(H2,20,23). The minimum Gasteiger partial charge on any atom is -0.385 e. The first-order chi connectivity index (χ1) is 13.3. The van der Waals surface area contributed by atoms with Gasteiger partial charge in [0.1, 0.15) is 11.5 Å². The van der Waals surface area contributed by atoms with Gasteiger partial charge in [0, 0.05) is 11.8 Å². The Morgan fingerprint density at radius 1 is 0.926 bits per heavy atom. The average molecular weight is 373 g/mol. The maximum atomic E-state index is 5.93. The molecule has 0 saturated heterocycles. The van der Waals surface area contributed by atoms with Crippen LogP contribution in [0.3, 0.4) is 0 Å². The summed E-state index contributed by atoms with van der Waals surface area (Å²) in [7, 11) is 0. The van der Waals surface area contributed by atoms with E-state index in [1.54, 1.807) is 4.68 Å². The zero-order chi connectivity index (χ0) is 18.2.